The highest BCUT2D eigenvalue weighted by Gasteiger charge is 2.35. The number of carbonyl (C=O) groups excluding carboxylic acids is 1. The van der Waals surface area contributed by atoms with Crippen LogP contribution in [0.4, 0.5) is 0 Å². The number of ketones is 1. The van der Waals surface area contributed by atoms with Crippen LogP contribution in [-0.4, -0.2) is 29.3 Å². The monoisotopic (exact) mass is 223 g/mol. The Morgan fingerprint density at radius 2 is 1.69 bits per heavy atom. The van der Waals surface area contributed by atoms with Gasteiger partial charge in [0, 0.05) is 31.0 Å². The molecule has 2 fully saturated rings. The summed E-state index contributed by atoms with van der Waals surface area (Å²) in [6.45, 7) is 7.70. The summed E-state index contributed by atoms with van der Waals surface area (Å²) in [6.07, 6.45) is 6.20. The highest BCUT2D eigenvalue weighted by Crippen LogP contribution is 2.31. The zero-order valence-electron chi connectivity index (χ0n) is 10.9. The van der Waals surface area contributed by atoms with Gasteiger partial charge in [-0.05, 0) is 38.5 Å². The van der Waals surface area contributed by atoms with Gasteiger partial charge in [0.2, 0.25) is 0 Å². The lowest BCUT2D eigenvalue weighted by Crippen LogP contribution is -2.52. The maximum atomic E-state index is 11.7. The molecule has 1 heterocycles. The Hall–Kier alpha value is -0.370. The van der Waals surface area contributed by atoms with Crippen LogP contribution in [0.1, 0.15) is 52.9 Å². The number of hydrogen-bond donors (Lipinski definition) is 0. The van der Waals surface area contributed by atoms with Crippen molar-refractivity contribution in [3.05, 3.63) is 0 Å². The summed E-state index contributed by atoms with van der Waals surface area (Å²) >= 11 is 0. The maximum absolute atomic E-state index is 11.7. The minimum absolute atomic E-state index is 0.244. The molecule has 2 heteroatoms. The zero-order chi connectivity index (χ0) is 11.7. The van der Waals surface area contributed by atoms with Gasteiger partial charge in [0.05, 0.1) is 0 Å². The lowest BCUT2D eigenvalue weighted by Gasteiger charge is -2.44. The quantitative estimate of drug-likeness (QED) is 0.681. The summed E-state index contributed by atoms with van der Waals surface area (Å²) in [6, 6.07) is 1.21. The van der Waals surface area contributed by atoms with Crippen molar-refractivity contribution in [3.8, 4) is 0 Å². The van der Waals surface area contributed by atoms with Crippen LogP contribution in [0.5, 0.6) is 0 Å². The van der Waals surface area contributed by atoms with Crippen molar-refractivity contribution >= 4 is 5.78 Å². The number of likely N-dealkylation sites (tertiary alicyclic amines) is 1. The lowest BCUT2D eigenvalue weighted by molar-refractivity contribution is -0.129. The summed E-state index contributed by atoms with van der Waals surface area (Å²) in [7, 11) is 0. The first-order valence-corrected chi connectivity index (χ1v) is 6.88. The molecule has 2 unspecified atom stereocenters. The molecule has 0 spiro atoms. The summed E-state index contributed by atoms with van der Waals surface area (Å²) in [5, 5.41) is 0. The molecule has 1 aliphatic heterocycles. The van der Waals surface area contributed by atoms with Crippen molar-refractivity contribution in [2.75, 3.05) is 6.54 Å². The third-order valence-electron chi connectivity index (χ3n) is 4.83. The second-order valence-electron chi connectivity index (χ2n) is 5.90. The largest absolute Gasteiger partial charge is 0.299 e. The Balaban J connectivity index is 1.96. The molecule has 0 N–H and O–H groups in total. The average molecular weight is 223 g/mol. The molecule has 2 nitrogen and oxygen atoms in total. The van der Waals surface area contributed by atoms with Crippen LogP contribution < -0.4 is 0 Å². The molecule has 1 aliphatic carbocycles. The molecule has 92 valence electrons. The van der Waals surface area contributed by atoms with Gasteiger partial charge < -0.3 is 0 Å². The van der Waals surface area contributed by atoms with Crippen molar-refractivity contribution in [1.82, 2.24) is 4.90 Å². The minimum Gasteiger partial charge on any atom is -0.299 e. The van der Waals surface area contributed by atoms with Crippen LogP contribution in [0.2, 0.25) is 0 Å². The summed E-state index contributed by atoms with van der Waals surface area (Å²) in [4.78, 5) is 14.3. The van der Waals surface area contributed by atoms with E-state index in [1.165, 1.54) is 25.7 Å². The summed E-state index contributed by atoms with van der Waals surface area (Å²) < 4.78 is 0. The highest BCUT2D eigenvalue weighted by atomic mass is 16.1. The van der Waals surface area contributed by atoms with E-state index in [4.69, 9.17) is 0 Å². The van der Waals surface area contributed by atoms with Crippen LogP contribution >= 0.6 is 0 Å². The molecule has 2 atom stereocenters. The van der Waals surface area contributed by atoms with Crippen molar-refractivity contribution < 1.29 is 4.79 Å². The molecule has 1 saturated heterocycles. The predicted octanol–water partition coefficient (Wildman–Crippen LogP) is 2.86. The first kappa shape index (κ1) is 12.1. The Kier molecular flexibility index (Phi) is 3.68. The molecule has 0 aromatic carbocycles. The van der Waals surface area contributed by atoms with E-state index in [0.717, 1.165) is 24.9 Å². The molecule has 1 saturated carbocycles. The van der Waals surface area contributed by atoms with E-state index in [-0.39, 0.29) is 5.92 Å². The molecule has 0 amide bonds. The Morgan fingerprint density at radius 3 is 2.31 bits per heavy atom. The third kappa shape index (κ3) is 2.32. The van der Waals surface area contributed by atoms with Gasteiger partial charge in [0.15, 0.2) is 0 Å². The van der Waals surface area contributed by atoms with Gasteiger partial charge >= 0.3 is 0 Å². The smallest absolute Gasteiger partial charge is 0.138 e. The molecule has 0 bridgehead atoms. The first-order valence-electron chi connectivity index (χ1n) is 6.88. The Labute approximate surface area is 99.4 Å². The van der Waals surface area contributed by atoms with Crippen LogP contribution in [0.25, 0.3) is 0 Å². The topological polar surface area (TPSA) is 20.3 Å². The van der Waals surface area contributed by atoms with E-state index in [1.54, 1.807) is 0 Å². The minimum atomic E-state index is 0.244. The number of carbonyl (C=O) groups is 1. The lowest BCUT2D eigenvalue weighted by atomic mass is 9.83. The average Bonchev–Trinajstić information content (AvgIpc) is 2.28. The maximum Gasteiger partial charge on any atom is 0.138 e. The van der Waals surface area contributed by atoms with Crippen LogP contribution in [0.3, 0.4) is 0 Å². The van der Waals surface area contributed by atoms with E-state index in [2.05, 4.69) is 25.7 Å². The second-order valence-corrected chi connectivity index (χ2v) is 5.90. The number of rotatable bonds is 1. The Bertz CT molecular complexity index is 255. The molecule has 0 radical (unpaired) electrons. The van der Waals surface area contributed by atoms with Crippen LogP contribution in [0.15, 0.2) is 0 Å². The normalized spacial score (nSPS) is 42.3. The molecule has 16 heavy (non-hydrogen) atoms. The second kappa shape index (κ2) is 4.87. The van der Waals surface area contributed by atoms with E-state index in [9.17, 15) is 4.79 Å². The molecule has 0 aromatic heterocycles. The predicted molar refractivity (Wildman–Crippen MR) is 66.4 cm³/mol. The highest BCUT2D eigenvalue weighted by molar-refractivity contribution is 5.82. The van der Waals surface area contributed by atoms with Crippen LogP contribution in [-0.2, 0) is 4.79 Å². The van der Waals surface area contributed by atoms with Crippen LogP contribution in [0, 0.1) is 11.8 Å². The SMILES string of the molecule is CC1CCC(N2CCC(=O)C(C)C2C)CC1. The van der Waals surface area contributed by atoms with E-state index < -0.39 is 0 Å². The van der Waals surface area contributed by atoms with Gasteiger partial charge in [0.25, 0.3) is 0 Å². The van der Waals surface area contributed by atoms with Gasteiger partial charge in [-0.1, -0.05) is 13.8 Å². The molecule has 0 aromatic rings. The van der Waals surface area contributed by atoms with E-state index >= 15 is 0 Å². The number of Topliss-reactive ketones (excluding diaryl/α,β-unsaturated/α-hetero) is 1. The molecule has 2 aliphatic rings. The molecule has 2 rings (SSSR count). The van der Waals surface area contributed by atoms with Gasteiger partial charge in [-0.3, -0.25) is 9.69 Å². The standard InChI is InChI=1S/C14H25NO/c1-10-4-6-13(7-5-10)15-9-8-14(16)11(2)12(15)3/h10-13H,4-9H2,1-3H3. The van der Waals surface area contributed by atoms with Gasteiger partial charge in [-0.2, -0.15) is 0 Å². The zero-order valence-corrected chi connectivity index (χ0v) is 10.9. The van der Waals surface area contributed by atoms with Crippen molar-refractivity contribution in [2.24, 2.45) is 11.8 Å². The fourth-order valence-electron chi connectivity index (χ4n) is 3.32. The van der Waals surface area contributed by atoms with Gasteiger partial charge in [-0.25, -0.2) is 0 Å². The Morgan fingerprint density at radius 1 is 1.06 bits per heavy atom. The first-order chi connectivity index (χ1) is 7.59. The van der Waals surface area contributed by atoms with Gasteiger partial charge in [0.1, 0.15) is 5.78 Å². The number of nitrogens with zero attached hydrogens (tertiary/aromatic N) is 1. The van der Waals surface area contributed by atoms with Crippen molar-refractivity contribution in [1.29, 1.82) is 0 Å². The molecular formula is C14H25NO. The summed E-state index contributed by atoms with van der Waals surface area (Å²) in [5.74, 6) is 1.62. The third-order valence-corrected chi connectivity index (χ3v) is 4.83. The van der Waals surface area contributed by atoms with Crippen molar-refractivity contribution in [3.63, 3.8) is 0 Å². The van der Waals surface area contributed by atoms with E-state index in [1.807, 2.05) is 0 Å². The fourth-order valence-corrected chi connectivity index (χ4v) is 3.32. The van der Waals surface area contributed by atoms with Crippen molar-refractivity contribution in [2.45, 2.75) is 65.0 Å². The molecular weight excluding hydrogens is 198 g/mol. The number of piperidine rings is 1. The number of hydrogen-bond acceptors (Lipinski definition) is 2. The van der Waals surface area contributed by atoms with E-state index in [0.29, 0.717) is 11.8 Å². The fraction of sp³-hybridized carbons (Fsp3) is 0.929. The summed E-state index contributed by atoms with van der Waals surface area (Å²) in [5.41, 5.74) is 0. The van der Waals surface area contributed by atoms with Gasteiger partial charge in [-0.15, -0.1) is 0 Å².